The number of nitrogens with one attached hydrogen (secondary N) is 1. The summed E-state index contributed by atoms with van der Waals surface area (Å²) in [5.41, 5.74) is 1.19. The van der Waals surface area contributed by atoms with Gasteiger partial charge in [0.05, 0.1) is 7.11 Å². The predicted molar refractivity (Wildman–Crippen MR) is 87.6 cm³/mol. The highest BCUT2D eigenvalue weighted by atomic mass is 16.7. The highest BCUT2D eigenvalue weighted by molar-refractivity contribution is 6.17. The Morgan fingerprint density at radius 2 is 1.96 bits per heavy atom. The minimum absolute atomic E-state index is 0.0785. The van der Waals surface area contributed by atoms with Crippen LogP contribution in [0.1, 0.15) is 47.2 Å². The van der Waals surface area contributed by atoms with Gasteiger partial charge in [0.15, 0.2) is 11.6 Å². The zero-order valence-electron chi connectivity index (χ0n) is 14.2. The Morgan fingerprint density at radius 3 is 2.54 bits per heavy atom. The van der Waals surface area contributed by atoms with Crippen molar-refractivity contribution < 1.29 is 19.2 Å². The molecule has 0 saturated carbocycles. The van der Waals surface area contributed by atoms with E-state index in [2.05, 4.69) is 5.32 Å². The fraction of sp³-hybridized carbons (Fsp3) is 0.500. The molecule has 3 rings (SSSR count). The summed E-state index contributed by atoms with van der Waals surface area (Å²) >= 11 is 0. The third-order valence-corrected chi connectivity index (χ3v) is 5.19. The van der Waals surface area contributed by atoms with Gasteiger partial charge in [-0.3, -0.25) is 14.4 Å². The molecule has 6 heteroatoms. The molecule has 2 saturated heterocycles. The zero-order chi connectivity index (χ0) is 17.5. The molecular weight excluding hydrogens is 308 g/mol. The summed E-state index contributed by atoms with van der Waals surface area (Å²) in [5.74, 6) is -1.27. The molecular formula is C18H22N2O4. The number of nitrogens with zero attached hydrogens (tertiary/aromatic N) is 1. The van der Waals surface area contributed by atoms with E-state index in [-0.39, 0.29) is 17.5 Å². The molecule has 0 aromatic heterocycles. The normalized spacial score (nSPS) is 23.5. The average Bonchev–Trinajstić information content (AvgIpc) is 2.79. The predicted octanol–water partition coefficient (Wildman–Crippen LogP) is 1.38. The van der Waals surface area contributed by atoms with E-state index in [9.17, 15) is 14.4 Å². The lowest BCUT2D eigenvalue weighted by Gasteiger charge is -2.36. The minimum atomic E-state index is -0.835. The number of Topliss-reactive ketones (excluding diaryl/α,β-unsaturated/α-hetero) is 2. The van der Waals surface area contributed by atoms with Crippen LogP contribution in [0, 0.1) is 6.92 Å². The van der Waals surface area contributed by atoms with Gasteiger partial charge in [0.1, 0.15) is 11.5 Å². The van der Waals surface area contributed by atoms with E-state index in [1.807, 2.05) is 6.92 Å². The number of amides is 1. The second-order valence-corrected chi connectivity index (χ2v) is 6.61. The molecule has 24 heavy (non-hydrogen) atoms. The second-order valence-electron chi connectivity index (χ2n) is 6.61. The molecule has 1 aromatic carbocycles. The van der Waals surface area contributed by atoms with E-state index < -0.39 is 11.5 Å². The van der Waals surface area contributed by atoms with Crippen molar-refractivity contribution in [3.05, 3.63) is 34.9 Å². The maximum Gasteiger partial charge on any atom is 0.235 e. The number of aryl methyl sites for hydroxylation is 1. The van der Waals surface area contributed by atoms with Crippen LogP contribution in [0.5, 0.6) is 0 Å². The molecule has 1 aromatic rings. The smallest absolute Gasteiger partial charge is 0.235 e. The van der Waals surface area contributed by atoms with Gasteiger partial charge in [0.2, 0.25) is 5.91 Å². The molecule has 2 fully saturated rings. The van der Waals surface area contributed by atoms with E-state index in [0.717, 1.165) is 5.56 Å². The Kier molecular flexibility index (Phi) is 4.27. The maximum atomic E-state index is 13.1. The number of hydrogen-bond donors (Lipinski definition) is 1. The molecule has 1 spiro atoms. The quantitative estimate of drug-likeness (QED) is 0.669. The van der Waals surface area contributed by atoms with Crippen LogP contribution in [0.15, 0.2) is 18.2 Å². The molecule has 0 radical (unpaired) electrons. The van der Waals surface area contributed by atoms with Gasteiger partial charge in [-0.2, -0.15) is 5.06 Å². The van der Waals surface area contributed by atoms with Crippen LogP contribution in [0.4, 0.5) is 0 Å². The maximum absolute atomic E-state index is 13.1. The summed E-state index contributed by atoms with van der Waals surface area (Å²) in [6.45, 7) is 4.54. The Hall–Kier alpha value is -2.05. The van der Waals surface area contributed by atoms with Gasteiger partial charge in [-0.1, -0.05) is 12.1 Å². The Balaban J connectivity index is 1.93. The highest BCUT2D eigenvalue weighted by Crippen LogP contribution is 2.37. The fourth-order valence-electron chi connectivity index (χ4n) is 3.64. The van der Waals surface area contributed by atoms with Gasteiger partial charge in [-0.05, 0) is 43.9 Å². The Bertz CT molecular complexity index is 705. The third-order valence-electron chi connectivity index (χ3n) is 5.19. The van der Waals surface area contributed by atoms with Gasteiger partial charge >= 0.3 is 0 Å². The third kappa shape index (κ3) is 2.65. The number of benzene rings is 1. The van der Waals surface area contributed by atoms with Crippen LogP contribution in [-0.2, 0) is 14.4 Å². The number of rotatable bonds is 3. The van der Waals surface area contributed by atoms with E-state index in [1.54, 1.807) is 30.4 Å². The van der Waals surface area contributed by atoms with Gasteiger partial charge < -0.3 is 10.2 Å². The average molecular weight is 330 g/mol. The Morgan fingerprint density at radius 1 is 1.29 bits per heavy atom. The van der Waals surface area contributed by atoms with Crippen LogP contribution in [0.3, 0.4) is 0 Å². The lowest BCUT2D eigenvalue weighted by Crippen LogP contribution is -2.54. The second kappa shape index (κ2) is 6.11. The van der Waals surface area contributed by atoms with Crippen molar-refractivity contribution in [2.24, 2.45) is 0 Å². The van der Waals surface area contributed by atoms with Crippen molar-refractivity contribution in [1.82, 2.24) is 10.4 Å². The van der Waals surface area contributed by atoms with Gasteiger partial charge in [0, 0.05) is 18.7 Å². The van der Waals surface area contributed by atoms with E-state index in [0.29, 0.717) is 37.1 Å². The van der Waals surface area contributed by atoms with E-state index in [4.69, 9.17) is 4.84 Å². The number of hydrogen-bond acceptors (Lipinski definition) is 5. The number of hydroxylamine groups is 2. The molecule has 6 nitrogen and oxygen atoms in total. The standard InChI is InChI=1S/C18H22N2O4/c1-11-4-5-13(12(2)21)10-14(11)15-16(22)18(19-17(15)23)6-8-20(24-3)9-7-18/h4-5,10,15H,6-9H2,1-3H3,(H,19,23). The summed E-state index contributed by atoms with van der Waals surface area (Å²) in [4.78, 5) is 42.5. The Labute approximate surface area is 141 Å². The zero-order valence-corrected chi connectivity index (χ0v) is 14.2. The van der Waals surface area contributed by atoms with Gasteiger partial charge in [-0.15, -0.1) is 0 Å². The molecule has 128 valence electrons. The molecule has 1 atom stereocenters. The van der Waals surface area contributed by atoms with Gasteiger partial charge in [0.25, 0.3) is 0 Å². The van der Waals surface area contributed by atoms with Crippen molar-refractivity contribution in [2.75, 3.05) is 20.2 Å². The van der Waals surface area contributed by atoms with E-state index in [1.165, 1.54) is 6.92 Å². The summed E-state index contributed by atoms with van der Waals surface area (Å²) in [6, 6.07) is 5.21. The lowest BCUT2D eigenvalue weighted by atomic mass is 9.80. The molecule has 1 amide bonds. The lowest BCUT2D eigenvalue weighted by molar-refractivity contribution is -0.157. The molecule has 2 heterocycles. The molecule has 0 aliphatic carbocycles. The SMILES string of the molecule is CON1CCC2(CC1)NC(=O)C(c1cc(C(C)=O)ccc1C)C2=O. The first-order valence-electron chi connectivity index (χ1n) is 8.15. The van der Waals surface area contributed by atoms with Gasteiger partial charge in [-0.25, -0.2) is 0 Å². The molecule has 2 aliphatic rings. The van der Waals surface area contributed by atoms with Crippen molar-refractivity contribution in [2.45, 2.75) is 38.1 Å². The number of carbonyl (C=O) groups excluding carboxylic acids is 3. The van der Waals surface area contributed by atoms with Crippen LogP contribution in [0.25, 0.3) is 0 Å². The molecule has 0 bridgehead atoms. The van der Waals surface area contributed by atoms with Crippen LogP contribution >= 0.6 is 0 Å². The largest absolute Gasteiger partial charge is 0.343 e. The van der Waals surface area contributed by atoms with Crippen LogP contribution < -0.4 is 5.32 Å². The summed E-state index contributed by atoms with van der Waals surface area (Å²) in [5, 5.41) is 4.72. The van der Waals surface area contributed by atoms with Crippen molar-refractivity contribution in [1.29, 1.82) is 0 Å². The van der Waals surface area contributed by atoms with Crippen molar-refractivity contribution in [3.8, 4) is 0 Å². The van der Waals surface area contributed by atoms with Crippen molar-refractivity contribution >= 4 is 17.5 Å². The first-order valence-corrected chi connectivity index (χ1v) is 8.15. The number of ketones is 2. The van der Waals surface area contributed by atoms with Crippen molar-refractivity contribution in [3.63, 3.8) is 0 Å². The first-order chi connectivity index (χ1) is 11.4. The van der Waals surface area contributed by atoms with E-state index >= 15 is 0 Å². The topological polar surface area (TPSA) is 75.7 Å². The fourth-order valence-corrected chi connectivity index (χ4v) is 3.64. The minimum Gasteiger partial charge on any atom is -0.343 e. The highest BCUT2D eigenvalue weighted by Gasteiger charge is 2.54. The summed E-state index contributed by atoms with van der Waals surface area (Å²) in [6.07, 6.45) is 1.07. The summed E-state index contributed by atoms with van der Waals surface area (Å²) in [7, 11) is 1.60. The summed E-state index contributed by atoms with van der Waals surface area (Å²) < 4.78 is 0. The molecule has 1 unspecified atom stereocenters. The van der Waals surface area contributed by atoms with Crippen LogP contribution in [-0.4, -0.2) is 48.3 Å². The number of carbonyl (C=O) groups is 3. The van der Waals surface area contributed by atoms with Crippen LogP contribution in [0.2, 0.25) is 0 Å². The molecule has 2 aliphatic heterocycles. The number of piperidine rings is 1. The first kappa shape index (κ1) is 16.8. The molecule has 1 N–H and O–H groups in total. The monoisotopic (exact) mass is 330 g/mol.